The van der Waals surface area contributed by atoms with E-state index in [1.807, 2.05) is 17.8 Å². The van der Waals surface area contributed by atoms with E-state index < -0.39 is 0 Å². The maximum Gasteiger partial charge on any atom is 0.0665 e. The summed E-state index contributed by atoms with van der Waals surface area (Å²) in [6, 6.07) is 19.0. The van der Waals surface area contributed by atoms with Gasteiger partial charge in [0, 0.05) is 10.1 Å². The number of aliphatic hydroxyl groups excluding tert-OH is 1. The number of hydrogen-bond donors (Lipinski definition) is 1. The van der Waals surface area contributed by atoms with Crippen LogP contribution in [0.3, 0.4) is 0 Å². The fraction of sp³-hybridized carbons (Fsp3) is 0.333. The second-order valence-electron chi connectivity index (χ2n) is 5.41. The Balaban J connectivity index is 1.48. The van der Waals surface area contributed by atoms with Crippen molar-refractivity contribution in [3.05, 3.63) is 65.7 Å². The molecule has 0 fully saturated rings. The van der Waals surface area contributed by atoms with E-state index >= 15 is 0 Å². The maximum absolute atomic E-state index is 10.4. The van der Waals surface area contributed by atoms with Crippen molar-refractivity contribution in [2.45, 2.75) is 41.9 Å². The minimum absolute atomic E-state index is 0.198. The van der Waals surface area contributed by atoms with Gasteiger partial charge < -0.3 is 5.11 Å². The fourth-order valence-electron chi connectivity index (χ4n) is 2.77. The largest absolute Gasteiger partial charge is 0.392 e. The zero-order chi connectivity index (χ0) is 13.8. The normalized spacial score (nSPS) is 18.8. The summed E-state index contributed by atoms with van der Waals surface area (Å²) >= 11 is 1.84. The molecule has 0 amide bonds. The topological polar surface area (TPSA) is 20.2 Å². The third-order valence-electron chi connectivity index (χ3n) is 3.91. The highest BCUT2D eigenvalue weighted by molar-refractivity contribution is 8.00. The predicted octanol–water partition coefficient (Wildman–Crippen LogP) is 4.09. The van der Waals surface area contributed by atoms with Gasteiger partial charge in [-0.3, -0.25) is 0 Å². The highest BCUT2D eigenvalue weighted by Crippen LogP contribution is 2.39. The van der Waals surface area contributed by atoms with Crippen molar-refractivity contribution in [1.29, 1.82) is 0 Å². The molecule has 2 heteroatoms. The van der Waals surface area contributed by atoms with Crippen LogP contribution in [0.4, 0.5) is 0 Å². The van der Waals surface area contributed by atoms with Crippen molar-refractivity contribution >= 4 is 11.8 Å². The van der Waals surface area contributed by atoms with Crippen molar-refractivity contribution < 1.29 is 5.11 Å². The third kappa shape index (κ3) is 3.25. The Morgan fingerprint density at radius 1 is 1.05 bits per heavy atom. The van der Waals surface area contributed by atoms with Crippen LogP contribution >= 0.6 is 11.8 Å². The minimum Gasteiger partial charge on any atom is -0.392 e. The van der Waals surface area contributed by atoms with Crippen LogP contribution in [-0.4, -0.2) is 16.5 Å². The van der Waals surface area contributed by atoms with E-state index in [0.29, 0.717) is 5.25 Å². The molecule has 1 aliphatic heterocycles. The Bertz CT molecular complexity index is 527. The van der Waals surface area contributed by atoms with Gasteiger partial charge in [0.15, 0.2) is 0 Å². The second kappa shape index (κ2) is 6.47. The number of aliphatic hydroxyl groups is 1. The standard InChI is InChI=1S/C18H20OS/c19-16(11-6-9-14-7-2-1-3-8-14)18-13-15-10-4-5-12-17(15)20-18/h1-5,7-8,10,12,16,18-19H,6,9,11,13H2. The molecule has 0 bridgehead atoms. The highest BCUT2D eigenvalue weighted by Gasteiger charge is 2.27. The molecule has 0 saturated carbocycles. The number of benzene rings is 2. The molecule has 0 aromatic heterocycles. The lowest BCUT2D eigenvalue weighted by Crippen LogP contribution is -2.22. The van der Waals surface area contributed by atoms with Crippen LogP contribution in [0.5, 0.6) is 0 Å². The van der Waals surface area contributed by atoms with E-state index in [-0.39, 0.29) is 6.10 Å². The lowest BCUT2D eigenvalue weighted by molar-refractivity contribution is 0.159. The number of fused-ring (bicyclic) bond motifs is 1. The minimum atomic E-state index is -0.198. The van der Waals surface area contributed by atoms with Crippen molar-refractivity contribution in [3.8, 4) is 0 Å². The molecule has 0 aliphatic carbocycles. The van der Waals surface area contributed by atoms with Crippen LogP contribution < -0.4 is 0 Å². The first-order valence-electron chi connectivity index (χ1n) is 7.29. The van der Waals surface area contributed by atoms with Crippen molar-refractivity contribution in [2.75, 3.05) is 0 Å². The van der Waals surface area contributed by atoms with Crippen LogP contribution in [0.2, 0.25) is 0 Å². The lowest BCUT2D eigenvalue weighted by Gasteiger charge is -2.16. The molecule has 104 valence electrons. The van der Waals surface area contributed by atoms with E-state index in [1.165, 1.54) is 16.0 Å². The SMILES string of the molecule is OC(CCCc1ccccc1)C1Cc2ccccc2S1. The molecular formula is C18H20OS. The first-order chi connectivity index (χ1) is 9.83. The highest BCUT2D eigenvalue weighted by atomic mass is 32.2. The molecule has 1 N–H and O–H groups in total. The van der Waals surface area contributed by atoms with E-state index in [9.17, 15) is 5.11 Å². The molecule has 3 rings (SSSR count). The first kappa shape index (κ1) is 13.7. The van der Waals surface area contributed by atoms with Crippen molar-refractivity contribution in [1.82, 2.24) is 0 Å². The van der Waals surface area contributed by atoms with Gasteiger partial charge >= 0.3 is 0 Å². The number of aryl methyl sites for hydroxylation is 1. The first-order valence-corrected chi connectivity index (χ1v) is 8.17. The smallest absolute Gasteiger partial charge is 0.0665 e. The molecular weight excluding hydrogens is 264 g/mol. The summed E-state index contributed by atoms with van der Waals surface area (Å²) in [6.45, 7) is 0. The Labute approximate surface area is 125 Å². The second-order valence-corrected chi connectivity index (χ2v) is 6.69. The molecule has 2 atom stereocenters. The number of thioether (sulfide) groups is 1. The summed E-state index contributed by atoms with van der Waals surface area (Å²) in [5, 5.41) is 10.7. The Morgan fingerprint density at radius 2 is 1.80 bits per heavy atom. The summed E-state index contributed by atoms with van der Waals surface area (Å²) in [5.74, 6) is 0. The van der Waals surface area contributed by atoms with Crippen LogP contribution in [0.1, 0.15) is 24.0 Å². The van der Waals surface area contributed by atoms with Crippen LogP contribution in [0.25, 0.3) is 0 Å². The van der Waals surface area contributed by atoms with Gasteiger partial charge in [0.25, 0.3) is 0 Å². The van der Waals surface area contributed by atoms with Crippen molar-refractivity contribution in [2.24, 2.45) is 0 Å². The molecule has 2 aromatic carbocycles. The molecule has 1 aliphatic rings. The fourth-order valence-corrected chi connectivity index (χ4v) is 4.11. The summed E-state index contributed by atoms with van der Waals surface area (Å²) < 4.78 is 0. The summed E-state index contributed by atoms with van der Waals surface area (Å²) in [6.07, 6.45) is 3.81. The van der Waals surface area contributed by atoms with Gasteiger partial charge in [0.2, 0.25) is 0 Å². The van der Waals surface area contributed by atoms with Crippen LogP contribution in [-0.2, 0) is 12.8 Å². The number of hydrogen-bond acceptors (Lipinski definition) is 2. The van der Waals surface area contributed by atoms with Gasteiger partial charge in [-0.25, -0.2) is 0 Å². The Kier molecular flexibility index (Phi) is 4.44. The molecule has 0 spiro atoms. The van der Waals surface area contributed by atoms with E-state index in [0.717, 1.165) is 25.7 Å². The average Bonchev–Trinajstić information content (AvgIpc) is 2.92. The molecule has 2 unspecified atom stereocenters. The van der Waals surface area contributed by atoms with Gasteiger partial charge in [0.1, 0.15) is 0 Å². The van der Waals surface area contributed by atoms with E-state index in [2.05, 4.69) is 48.5 Å². The number of rotatable bonds is 5. The average molecular weight is 284 g/mol. The predicted molar refractivity (Wildman–Crippen MR) is 85.2 cm³/mol. The van der Waals surface area contributed by atoms with Gasteiger partial charge in [-0.1, -0.05) is 48.5 Å². The van der Waals surface area contributed by atoms with Crippen molar-refractivity contribution in [3.63, 3.8) is 0 Å². The summed E-state index contributed by atoms with van der Waals surface area (Å²) in [4.78, 5) is 1.35. The molecule has 0 radical (unpaired) electrons. The molecule has 1 heterocycles. The zero-order valence-corrected chi connectivity index (χ0v) is 12.4. The molecule has 1 nitrogen and oxygen atoms in total. The van der Waals surface area contributed by atoms with Crippen LogP contribution in [0, 0.1) is 0 Å². The zero-order valence-electron chi connectivity index (χ0n) is 11.5. The van der Waals surface area contributed by atoms with Gasteiger partial charge in [-0.15, -0.1) is 11.8 Å². The Morgan fingerprint density at radius 3 is 2.60 bits per heavy atom. The van der Waals surface area contributed by atoms with Crippen LogP contribution in [0.15, 0.2) is 59.5 Å². The van der Waals surface area contributed by atoms with E-state index in [4.69, 9.17) is 0 Å². The maximum atomic E-state index is 10.4. The van der Waals surface area contributed by atoms with Gasteiger partial charge in [0.05, 0.1) is 6.10 Å². The lowest BCUT2D eigenvalue weighted by atomic mass is 10.0. The van der Waals surface area contributed by atoms with E-state index in [1.54, 1.807) is 0 Å². The summed E-state index contributed by atoms with van der Waals surface area (Å²) in [5.41, 5.74) is 2.76. The quantitative estimate of drug-likeness (QED) is 0.892. The summed E-state index contributed by atoms with van der Waals surface area (Å²) in [7, 11) is 0. The monoisotopic (exact) mass is 284 g/mol. The Hall–Kier alpha value is -1.25. The third-order valence-corrected chi connectivity index (χ3v) is 5.35. The van der Waals surface area contributed by atoms with Gasteiger partial charge in [-0.2, -0.15) is 0 Å². The molecule has 20 heavy (non-hydrogen) atoms. The molecule has 2 aromatic rings. The van der Waals surface area contributed by atoms with Gasteiger partial charge in [-0.05, 0) is 42.9 Å². The molecule has 0 saturated heterocycles.